The SMILES string of the molecule is C#CC1=C(/N=C(\C)SCCCO)CN(C(=O)OC(C)(C)C)C1. The molecule has 6 heteroatoms. The molecule has 0 aromatic carbocycles. The second kappa shape index (κ2) is 8.25. The summed E-state index contributed by atoms with van der Waals surface area (Å²) in [6.45, 7) is 8.29. The third-order valence-electron chi connectivity index (χ3n) is 2.77. The van der Waals surface area contributed by atoms with Gasteiger partial charge in [-0.15, -0.1) is 18.2 Å². The molecule has 0 fully saturated rings. The molecule has 0 saturated carbocycles. The van der Waals surface area contributed by atoms with E-state index in [0.717, 1.165) is 22.9 Å². The van der Waals surface area contributed by atoms with Crippen molar-refractivity contribution < 1.29 is 14.6 Å². The van der Waals surface area contributed by atoms with Crippen molar-refractivity contribution in [1.82, 2.24) is 4.90 Å². The Morgan fingerprint density at radius 2 is 2.18 bits per heavy atom. The zero-order chi connectivity index (χ0) is 16.8. The molecule has 0 saturated heterocycles. The minimum Gasteiger partial charge on any atom is -0.444 e. The summed E-state index contributed by atoms with van der Waals surface area (Å²) >= 11 is 1.57. The molecule has 0 aliphatic carbocycles. The maximum atomic E-state index is 12.1. The Bertz CT molecular complexity index is 512. The zero-order valence-corrected chi connectivity index (χ0v) is 14.5. The van der Waals surface area contributed by atoms with Crippen LogP contribution in [0.1, 0.15) is 34.1 Å². The quantitative estimate of drug-likeness (QED) is 0.374. The molecule has 0 aromatic rings. The number of hydrogen-bond donors (Lipinski definition) is 1. The molecule has 1 amide bonds. The van der Waals surface area contributed by atoms with Crippen LogP contribution in [0.25, 0.3) is 0 Å². The van der Waals surface area contributed by atoms with Gasteiger partial charge in [-0.05, 0) is 34.1 Å². The second-order valence-corrected chi connectivity index (χ2v) is 7.25. The molecule has 0 atom stereocenters. The zero-order valence-electron chi connectivity index (χ0n) is 13.7. The minimum absolute atomic E-state index is 0.172. The summed E-state index contributed by atoms with van der Waals surface area (Å²) in [6.07, 6.45) is 5.86. The molecule has 0 radical (unpaired) electrons. The van der Waals surface area contributed by atoms with E-state index in [1.54, 1.807) is 16.7 Å². The van der Waals surface area contributed by atoms with E-state index < -0.39 is 5.60 Å². The Kier molecular flexibility index (Phi) is 6.98. The van der Waals surface area contributed by atoms with Crippen LogP contribution >= 0.6 is 11.8 Å². The first-order chi connectivity index (χ1) is 10.3. The number of aliphatic imine (C=N–C) groups is 1. The van der Waals surface area contributed by atoms with Crippen molar-refractivity contribution in [2.24, 2.45) is 4.99 Å². The van der Waals surface area contributed by atoms with Gasteiger partial charge in [-0.2, -0.15) is 0 Å². The predicted octanol–water partition coefficient (Wildman–Crippen LogP) is 2.66. The van der Waals surface area contributed by atoms with Crippen molar-refractivity contribution in [1.29, 1.82) is 0 Å². The highest BCUT2D eigenvalue weighted by Gasteiger charge is 2.29. The highest BCUT2D eigenvalue weighted by atomic mass is 32.2. The molecule has 1 heterocycles. The normalized spacial score (nSPS) is 16.0. The van der Waals surface area contributed by atoms with E-state index in [2.05, 4.69) is 10.9 Å². The highest BCUT2D eigenvalue weighted by Crippen LogP contribution is 2.22. The highest BCUT2D eigenvalue weighted by molar-refractivity contribution is 8.13. The number of aliphatic hydroxyl groups is 1. The number of rotatable bonds is 4. The first kappa shape index (κ1) is 18.6. The number of carbonyl (C=O) groups is 1. The van der Waals surface area contributed by atoms with Crippen LogP contribution in [0.4, 0.5) is 4.79 Å². The first-order valence-corrected chi connectivity index (χ1v) is 8.21. The van der Waals surface area contributed by atoms with Gasteiger partial charge in [0.25, 0.3) is 0 Å². The van der Waals surface area contributed by atoms with Gasteiger partial charge >= 0.3 is 6.09 Å². The van der Waals surface area contributed by atoms with Crippen LogP contribution in [-0.2, 0) is 4.74 Å². The smallest absolute Gasteiger partial charge is 0.410 e. The minimum atomic E-state index is -0.532. The van der Waals surface area contributed by atoms with Crippen molar-refractivity contribution in [3.63, 3.8) is 0 Å². The maximum absolute atomic E-state index is 12.1. The standard InChI is InChI=1S/C16H24N2O3S/c1-6-13-10-18(15(20)21-16(3,4)5)11-14(13)17-12(2)22-9-7-8-19/h1,19H,7-11H2,2-5H3/b17-12+. The summed E-state index contributed by atoms with van der Waals surface area (Å²) in [5.74, 6) is 3.41. The van der Waals surface area contributed by atoms with Crippen LogP contribution in [0, 0.1) is 12.3 Å². The lowest BCUT2D eigenvalue weighted by molar-refractivity contribution is 0.0300. The third-order valence-corrected chi connectivity index (χ3v) is 3.77. The molecule has 0 spiro atoms. The lowest BCUT2D eigenvalue weighted by Crippen LogP contribution is -2.35. The summed E-state index contributed by atoms with van der Waals surface area (Å²) < 4.78 is 5.36. The molecular formula is C16H24N2O3S. The van der Waals surface area contributed by atoms with Gasteiger partial charge in [-0.3, -0.25) is 4.90 Å². The van der Waals surface area contributed by atoms with Crippen LogP contribution in [0.3, 0.4) is 0 Å². The number of nitrogens with zero attached hydrogens (tertiary/aromatic N) is 2. The molecule has 1 rings (SSSR count). The van der Waals surface area contributed by atoms with Crippen LogP contribution < -0.4 is 0 Å². The van der Waals surface area contributed by atoms with E-state index in [4.69, 9.17) is 16.3 Å². The largest absolute Gasteiger partial charge is 0.444 e. The predicted molar refractivity (Wildman–Crippen MR) is 90.9 cm³/mol. The molecule has 1 aliphatic heterocycles. The number of thioether (sulfide) groups is 1. The fraction of sp³-hybridized carbons (Fsp3) is 0.625. The summed E-state index contributed by atoms with van der Waals surface area (Å²) in [7, 11) is 0. The Morgan fingerprint density at radius 3 is 2.73 bits per heavy atom. The molecule has 1 N–H and O–H groups in total. The average Bonchev–Trinajstić information content (AvgIpc) is 2.80. The topological polar surface area (TPSA) is 62.1 Å². The van der Waals surface area contributed by atoms with Crippen LogP contribution in [0.2, 0.25) is 0 Å². The molecule has 0 unspecified atom stereocenters. The van der Waals surface area contributed by atoms with E-state index in [1.807, 2.05) is 27.7 Å². The van der Waals surface area contributed by atoms with E-state index in [1.165, 1.54) is 0 Å². The van der Waals surface area contributed by atoms with Crippen molar-refractivity contribution in [3.8, 4) is 12.3 Å². The number of ether oxygens (including phenoxy) is 1. The summed E-state index contributed by atoms with van der Waals surface area (Å²) in [6, 6.07) is 0. The number of carbonyl (C=O) groups excluding carboxylic acids is 1. The number of amides is 1. The summed E-state index contributed by atoms with van der Waals surface area (Å²) in [5, 5.41) is 9.66. The van der Waals surface area contributed by atoms with Gasteiger partial charge in [0.2, 0.25) is 0 Å². The molecule has 122 valence electrons. The monoisotopic (exact) mass is 324 g/mol. The van der Waals surface area contributed by atoms with E-state index >= 15 is 0 Å². The van der Waals surface area contributed by atoms with Crippen LogP contribution in [-0.4, -0.2) is 52.2 Å². The third kappa shape index (κ3) is 6.12. The second-order valence-electron chi connectivity index (χ2n) is 5.96. The Hall–Kier alpha value is -1.45. The lowest BCUT2D eigenvalue weighted by Gasteiger charge is -2.24. The average molecular weight is 324 g/mol. The van der Waals surface area contributed by atoms with Crippen LogP contribution in [0.15, 0.2) is 16.3 Å². The van der Waals surface area contributed by atoms with E-state index in [-0.39, 0.29) is 12.7 Å². The van der Waals surface area contributed by atoms with Gasteiger partial charge in [0.1, 0.15) is 5.60 Å². The Morgan fingerprint density at radius 1 is 1.50 bits per heavy atom. The molecule has 22 heavy (non-hydrogen) atoms. The molecular weight excluding hydrogens is 300 g/mol. The van der Waals surface area contributed by atoms with Crippen LogP contribution in [0.5, 0.6) is 0 Å². The molecule has 0 aromatic heterocycles. The fourth-order valence-corrected chi connectivity index (χ4v) is 2.55. The molecule has 0 bridgehead atoms. The maximum Gasteiger partial charge on any atom is 0.410 e. The first-order valence-electron chi connectivity index (χ1n) is 7.22. The van der Waals surface area contributed by atoms with Crippen molar-refractivity contribution in [3.05, 3.63) is 11.3 Å². The lowest BCUT2D eigenvalue weighted by atomic mass is 10.2. The number of terminal acetylenes is 1. The van der Waals surface area contributed by atoms with Gasteiger partial charge in [0.15, 0.2) is 0 Å². The van der Waals surface area contributed by atoms with Gasteiger partial charge in [0, 0.05) is 17.9 Å². The van der Waals surface area contributed by atoms with Crippen molar-refractivity contribution >= 4 is 22.9 Å². The van der Waals surface area contributed by atoms with Gasteiger partial charge in [-0.25, -0.2) is 9.79 Å². The van der Waals surface area contributed by atoms with Gasteiger partial charge in [0.05, 0.1) is 23.8 Å². The van der Waals surface area contributed by atoms with E-state index in [0.29, 0.717) is 18.7 Å². The molecule has 5 nitrogen and oxygen atoms in total. The van der Waals surface area contributed by atoms with Gasteiger partial charge < -0.3 is 9.84 Å². The van der Waals surface area contributed by atoms with Crippen molar-refractivity contribution in [2.75, 3.05) is 25.4 Å². The number of aliphatic hydroxyl groups excluding tert-OH is 1. The Labute approximate surface area is 136 Å². The van der Waals surface area contributed by atoms with Gasteiger partial charge in [-0.1, -0.05) is 5.92 Å². The summed E-state index contributed by atoms with van der Waals surface area (Å²) in [4.78, 5) is 18.2. The van der Waals surface area contributed by atoms with E-state index in [9.17, 15) is 4.79 Å². The van der Waals surface area contributed by atoms with Crippen molar-refractivity contribution in [2.45, 2.75) is 39.7 Å². The fourth-order valence-electron chi connectivity index (χ4n) is 1.81. The number of hydrogen-bond acceptors (Lipinski definition) is 5. The summed E-state index contributed by atoms with van der Waals surface area (Å²) in [5.41, 5.74) is 0.922. The Balaban J connectivity index is 2.69. The molecule has 1 aliphatic rings.